The minimum absolute atomic E-state index is 0.0184. The maximum atomic E-state index is 12.3. The average Bonchev–Trinajstić information content (AvgIpc) is 3.06. The summed E-state index contributed by atoms with van der Waals surface area (Å²) in [4.78, 5) is 20.9. The molecule has 1 N–H and O–H groups in total. The van der Waals surface area contributed by atoms with Crippen LogP contribution in [0.15, 0.2) is 54.2 Å². The summed E-state index contributed by atoms with van der Waals surface area (Å²) in [7, 11) is 0. The standard InChI is InChI=1S/C19H17N3OS/c23-19(16-11-14-3-1-2-4-15(14)16)21-10-7-18-22-17(12-24-18)13-5-8-20-9-6-13/h1-6,8-9,12,16H,7,10-11H2,(H,21,23). The van der Waals surface area contributed by atoms with Crippen molar-refractivity contribution in [1.82, 2.24) is 15.3 Å². The molecule has 0 spiro atoms. The minimum Gasteiger partial charge on any atom is -0.355 e. The Kier molecular flexibility index (Phi) is 4.09. The Labute approximate surface area is 144 Å². The SMILES string of the molecule is O=C(NCCc1nc(-c2ccncc2)cs1)C1Cc2ccccc21. The van der Waals surface area contributed by atoms with Crippen molar-refractivity contribution >= 4 is 17.2 Å². The van der Waals surface area contributed by atoms with Crippen LogP contribution in [-0.2, 0) is 17.6 Å². The van der Waals surface area contributed by atoms with Gasteiger partial charge >= 0.3 is 0 Å². The van der Waals surface area contributed by atoms with E-state index in [9.17, 15) is 4.79 Å². The van der Waals surface area contributed by atoms with Gasteiger partial charge < -0.3 is 5.32 Å². The lowest BCUT2D eigenvalue weighted by Gasteiger charge is -2.28. The number of rotatable bonds is 5. The first-order valence-corrected chi connectivity index (χ1v) is 8.89. The summed E-state index contributed by atoms with van der Waals surface area (Å²) in [5.41, 5.74) is 4.50. The number of nitrogens with one attached hydrogen (secondary N) is 1. The molecule has 0 radical (unpaired) electrons. The molecule has 24 heavy (non-hydrogen) atoms. The lowest BCUT2D eigenvalue weighted by Crippen LogP contribution is -2.36. The van der Waals surface area contributed by atoms with E-state index in [2.05, 4.69) is 26.7 Å². The highest BCUT2D eigenvalue weighted by molar-refractivity contribution is 7.09. The number of amides is 1. The predicted octanol–water partition coefficient (Wildman–Crippen LogP) is 3.20. The number of pyridine rings is 1. The normalized spacial score (nSPS) is 15.4. The first kappa shape index (κ1) is 15.0. The van der Waals surface area contributed by atoms with Crippen LogP contribution in [0.5, 0.6) is 0 Å². The van der Waals surface area contributed by atoms with Gasteiger partial charge in [-0.1, -0.05) is 24.3 Å². The van der Waals surface area contributed by atoms with Gasteiger partial charge in [0.25, 0.3) is 0 Å². The molecule has 0 fully saturated rings. The Morgan fingerprint density at radius 1 is 1.21 bits per heavy atom. The first-order chi connectivity index (χ1) is 11.8. The van der Waals surface area contributed by atoms with Gasteiger partial charge in [-0.3, -0.25) is 9.78 Å². The van der Waals surface area contributed by atoms with Crippen molar-refractivity contribution in [2.75, 3.05) is 6.54 Å². The maximum absolute atomic E-state index is 12.3. The molecular weight excluding hydrogens is 318 g/mol. The lowest BCUT2D eigenvalue weighted by atomic mass is 9.77. The molecule has 1 aliphatic carbocycles. The topological polar surface area (TPSA) is 54.9 Å². The summed E-state index contributed by atoms with van der Waals surface area (Å²) in [6, 6.07) is 12.1. The largest absolute Gasteiger partial charge is 0.355 e. The number of hydrogen-bond acceptors (Lipinski definition) is 4. The molecule has 1 atom stereocenters. The molecule has 5 heteroatoms. The van der Waals surface area contributed by atoms with Crippen LogP contribution >= 0.6 is 11.3 Å². The number of carbonyl (C=O) groups excluding carboxylic acids is 1. The second kappa shape index (κ2) is 6.53. The Hall–Kier alpha value is -2.53. The van der Waals surface area contributed by atoms with Gasteiger partial charge in [-0.15, -0.1) is 11.3 Å². The molecular formula is C19H17N3OS. The van der Waals surface area contributed by atoms with Crippen molar-refractivity contribution in [3.63, 3.8) is 0 Å². The van der Waals surface area contributed by atoms with Gasteiger partial charge in [0.05, 0.1) is 16.6 Å². The highest BCUT2D eigenvalue weighted by Crippen LogP contribution is 2.34. The Morgan fingerprint density at radius 2 is 2.04 bits per heavy atom. The summed E-state index contributed by atoms with van der Waals surface area (Å²) < 4.78 is 0. The Balaban J connectivity index is 1.31. The fourth-order valence-corrected chi connectivity index (χ4v) is 3.80. The van der Waals surface area contributed by atoms with Crippen LogP contribution in [0.25, 0.3) is 11.3 Å². The van der Waals surface area contributed by atoms with Crippen molar-refractivity contribution in [2.45, 2.75) is 18.8 Å². The lowest BCUT2D eigenvalue weighted by molar-refractivity contribution is -0.123. The van der Waals surface area contributed by atoms with Crippen LogP contribution < -0.4 is 5.32 Å². The molecule has 4 nitrogen and oxygen atoms in total. The summed E-state index contributed by atoms with van der Waals surface area (Å²) in [6.45, 7) is 0.626. The van der Waals surface area contributed by atoms with E-state index in [1.165, 1.54) is 11.1 Å². The van der Waals surface area contributed by atoms with E-state index in [1.807, 2.05) is 30.3 Å². The second-order valence-electron chi connectivity index (χ2n) is 5.86. The highest BCUT2D eigenvalue weighted by atomic mass is 32.1. The smallest absolute Gasteiger partial charge is 0.227 e. The zero-order valence-electron chi connectivity index (χ0n) is 13.1. The molecule has 0 aliphatic heterocycles. The molecule has 2 aromatic heterocycles. The van der Waals surface area contributed by atoms with Crippen LogP contribution in [0, 0.1) is 0 Å². The van der Waals surface area contributed by atoms with E-state index in [0.717, 1.165) is 29.1 Å². The van der Waals surface area contributed by atoms with Crippen LogP contribution in [0.3, 0.4) is 0 Å². The number of aromatic nitrogens is 2. The average molecular weight is 335 g/mol. The third kappa shape index (κ3) is 2.95. The van der Waals surface area contributed by atoms with Gasteiger partial charge in [0, 0.05) is 36.3 Å². The van der Waals surface area contributed by atoms with E-state index in [1.54, 1.807) is 23.7 Å². The molecule has 1 amide bonds. The Morgan fingerprint density at radius 3 is 2.88 bits per heavy atom. The van der Waals surface area contributed by atoms with Gasteiger partial charge in [0.1, 0.15) is 0 Å². The first-order valence-electron chi connectivity index (χ1n) is 8.01. The zero-order valence-corrected chi connectivity index (χ0v) is 13.9. The molecule has 120 valence electrons. The summed E-state index contributed by atoms with van der Waals surface area (Å²) in [6.07, 6.45) is 5.15. The third-order valence-corrected chi connectivity index (χ3v) is 5.25. The Bertz CT molecular complexity index is 860. The van der Waals surface area contributed by atoms with Crippen molar-refractivity contribution < 1.29 is 4.79 Å². The number of fused-ring (bicyclic) bond motifs is 1. The molecule has 1 aliphatic rings. The summed E-state index contributed by atoms with van der Waals surface area (Å²) in [5, 5.41) is 6.13. The number of thiazole rings is 1. The quantitative estimate of drug-likeness (QED) is 0.779. The van der Waals surface area contributed by atoms with E-state index < -0.39 is 0 Å². The molecule has 3 aromatic rings. The summed E-state index contributed by atoms with van der Waals surface area (Å²) >= 11 is 1.63. The van der Waals surface area contributed by atoms with Crippen LogP contribution in [-0.4, -0.2) is 22.4 Å². The minimum atomic E-state index is 0.0184. The van der Waals surface area contributed by atoms with E-state index in [-0.39, 0.29) is 11.8 Å². The third-order valence-electron chi connectivity index (χ3n) is 4.34. The number of carbonyl (C=O) groups is 1. The van der Waals surface area contributed by atoms with Crippen LogP contribution in [0.1, 0.15) is 22.1 Å². The zero-order chi connectivity index (χ0) is 16.4. The fourth-order valence-electron chi connectivity index (χ4n) is 2.99. The number of nitrogens with zero attached hydrogens (tertiary/aromatic N) is 2. The molecule has 2 heterocycles. The van der Waals surface area contributed by atoms with Crippen molar-refractivity contribution in [3.05, 3.63) is 70.3 Å². The molecule has 0 bridgehead atoms. The van der Waals surface area contributed by atoms with E-state index in [0.29, 0.717) is 6.54 Å². The van der Waals surface area contributed by atoms with Crippen LogP contribution in [0.2, 0.25) is 0 Å². The number of benzene rings is 1. The van der Waals surface area contributed by atoms with Gasteiger partial charge in [0.15, 0.2) is 0 Å². The summed E-state index contributed by atoms with van der Waals surface area (Å²) in [5.74, 6) is 0.143. The molecule has 1 unspecified atom stereocenters. The van der Waals surface area contributed by atoms with Gasteiger partial charge in [0.2, 0.25) is 5.91 Å². The maximum Gasteiger partial charge on any atom is 0.227 e. The van der Waals surface area contributed by atoms with E-state index in [4.69, 9.17) is 0 Å². The molecule has 0 saturated carbocycles. The van der Waals surface area contributed by atoms with Crippen molar-refractivity contribution in [3.8, 4) is 11.3 Å². The van der Waals surface area contributed by atoms with Crippen molar-refractivity contribution in [1.29, 1.82) is 0 Å². The number of hydrogen-bond donors (Lipinski definition) is 1. The molecule has 0 saturated heterocycles. The monoisotopic (exact) mass is 335 g/mol. The van der Waals surface area contributed by atoms with E-state index >= 15 is 0 Å². The van der Waals surface area contributed by atoms with Gasteiger partial charge in [-0.2, -0.15) is 0 Å². The molecule has 1 aromatic carbocycles. The van der Waals surface area contributed by atoms with Crippen molar-refractivity contribution in [2.24, 2.45) is 0 Å². The van der Waals surface area contributed by atoms with Gasteiger partial charge in [-0.05, 0) is 29.7 Å². The van der Waals surface area contributed by atoms with Crippen LogP contribution in [0.4, 0.5) is 0 Å². The molecule has 4 rings (SSSR count). The fraction of sp³-hybridized carbons (Fsp3) is 0.211. The second-order valence-corrected chi connectivity index (χ2v) is 6.80. The predicted molar refractivity (Wildman–Crippen MR) is 94.9 cm³/mol. The van der Waals surface area contributed by atoms with Gasteiger partial charge in [-0.25, -0.2) is 4.98 Å². The highest BCUT2D eigenvalue weighted by Gasteiger charge is 2.31.